The highest BCUT2D eigenvalue weighted by Gasteiger charge is 2.53. The van der Waals surface area contributed by atoms with Crippen molar-refractivity contribution in [2.24, 2.45) is 0 Å². The maximum atomic E-state index is 9.99. The van der Waals surface area contributed by atoms with Gasteiger partial charge in [0, 0.05) is 43.2 Å². The molecule has 4 heterocycles. The number of hydrogen-bond acceptors (Lipinski definition) is 3. The van der Waals surface area contributed by atoms with Gasteiger partial charge in [-0.05, 0) is 140 Å². The monoisotopic (exact) mass is 873 g/mol. The van der Waals surface area contributed by atoms with E-state index in [9.17, 15) is 6.85 Å². The molecule has 0 fully saturated rings. The molecule has 0 spiro atoms. The van der Waals surface area contributed by atoms with Crippen molar-refractivity contribution in [1.82, 2.24) is 0 Å². The summed E-state index contributed by atoms with van der Waals surface area (Å²) in [5, 5.41) is 1.67. The second-order valence-electron chi connectivity index (χ2n) is 18.3. The standard InChI is InChI=1S/C63H51BN2O/c1-38(2)43-26-30-54-49(35-43)63(46-20-12-8-13-21-46,47-22-14-9-15-23-47)50-36-45(39(3)4)37-52-61(50)66(54)56-33-40(5)32-55-60(56)64(52)51-28-31-58-59(48-24-16-17-25-57(48)67-58)62(51)65(55)53-29-27-44(34-41(53)6)42-18-10-7-11-19-42/h7-39H,1-6H3/i1D3,3D3,5D3,38D,39D. The smallest absolute Gasteiger partial charge is 0.252 e. The molecular weight excluding hydrogens is 812 g/mol. The molecule has 1 aromatic heterocycles. The molecule has 3 aliphatic rings. The summed E-state index contributed by atoms with van der Waals surface area (Å²) in [6, 6.07) is 60.6. The van der Waals surface area contributed by atoms with Gasteiger partial charge in [-0.3, -0.25) is 0 Å². The number of fused-ring (bicyclic) bond motifs is 10. The van der Waals surface area contributed by atoms with E-state index in [1.165, 1.54) is 13.8 Å². The molecule has 0 amide bonds. The van der Waals surface area contributed by atoms with Gasteiger partial charge in [-0.15, -0.1) is 0 Å². The van der Waals surface area contributed by atoms with Gasteiger partial charge in [0.05, 0.1) is 22.2 Å². The van der Waals surface area contributed by atoms with Crippen LogP contribution >= 0.6 is 0 Å². The fraction of sp³-hybridized carbons (Fsp3) is 0.143. The SMILES string of the molecule is [2H]C([2H])([2H])c1cc2c3c(c1)N(c1ccc(-c4ccccc4)cc1C)c1c(ccc4oc5ccccc5c14)B3c1cc(C([2H])(C)C([2H])([2H])[2H])cc3c1N2c1ccc(C([2H])(C)C([2H])([2H])[2H])cc1C3(c1ccccc1)c1ccccc1. The van der Waals surface area contributed by atoms with Crippen LogP contribution in [0, 0.1) is 13.8 Å². The summed E-state index contributed by atoms with van der Waals surface area (Å²) in [4.78, 5) is 4.25. The van der Waals surface area contributed by atoms with Crippen molar-refractivity contribution < 1.29 is 19.5 Å². The lowest BCUT2D eigenvalue weighted by molar-refractivity contribution is 0.669. The van der Waals surface area contributed by atoms with Crippen molar-refractivity contribution >= 4 is 79.2 Å². The molecule has 2 unspecified atom stereocenters. The molecule has 67 heavy (non-hydrogen) atoms. The van der Waals surface area contributed by atoms with Crippen molar-refractivity contribution in [3.8, 4) is 11.1 Å². The molecule has 0 N–H and O–H groups in total. The molecule has 3 aliphatic heterocycles. The van der Waals surface area contributed by atoms with Crippen LogP contribution in [0.3, 0.4) is 0 Å². The van der Waals surface area contributed by atoms with Gasteiger partial charge in [0.1, 0.15) is 11.2 Å². The van der Waals surface area contributed by atoms with Crippen LogP contribution in [0.1, 0.15) is 98.9 Å². The van der Waals surface area contributed by atoms with Crippen LogP contribution in [0.4, 0.5) is 34.1 Å². The van der Waals surface area contributed by atoms with Crippen molar-refractivity contribution in [2.75, 3.05) is 9.80 Å². The quantitative estimate of drug-likeness (QED) is 0.155. The summed E-state index contributed by atoms with van der Waals surface area (Å²) in [6.07, 6.45) is 0. The van der Waals surface area contributed by atoms with Crippen LogP contribution in [0.2, 0.25) is 0 Å². The lowest BCUT2D eigenvalue weighted by atomic mass is 9.32. The molecule has 4 heteroatoms. The minimum Gasteiger partial charge on any atom is -0.456 e. The molecule has 0 saturated carbocycles. The summed E-state index contributed by atoms with van der Waals surface area (Å²) in [5.41, 5.74) is 12.5. The number of para-hydroxylation sites is 1. The Balaban J connectivity index is 1.25. The summed E-state index contributed by atoms with van der Waals surface area (Å²) in [6.45, 7) is -4.01. The zero-order valence-corrected chi connectivity index (χ0v) is 37.3. The van der Waals surface area contributed by atoms with Gasteiger partial charge in [-0.1, -0.05) is 173 Å². The van der Waals surface area contributed by atoms with Gasteiger partial charge in [-0.2, -0.15) is 0 Å². The Labute approximate surface area is 409 Å². The largest absolute Gasteiger partial charge is 0.456 e. The number of aryl methyl sites for hydroxylation is 2. The Morgan fingerprint density at radius 1 is 0.537 bits per heavy atom. The molecule has 322 valence electrons. The lowest BCUT2D eigenvalue weighted by Crippen LogP contribution is -2.62. The zero-order chi connectivity index (χ0) is 54.6. The van der Waals surface area contributed by atoms with E-state index in [4.69, 9.17) is 12.6 Å². The van der Waals surface area contributed by atoms with Crippen molar-refractivity contribution in [1.29, 1.82) is 0 Å². The number of benzene rings is 9. The molecule has 13 rings (SSSR count). The van der Waals surface area contributed by atoms with E-state index in [1.807, 2.05) is 127 Å². The van der Waals surface area contributed by atoms with Gasteiger partial charge >= 0.3 is 0 Å². The molecule has 0 aliphatic carbocycles. The Bertz CT molecular complexity index is 4050. The number of nitrogens with zero attached hydrogens (tertiary/aromatic N) is 2. The molecule has 0 saturated heterocycles. The minimum atomic E-state index is -2.82. The van der Waals surface area contributed by atoms with Crippen molar-refractivity contribution in [3.63, 3.8) is 0 Å². The summed E-state index contributed by atoms with van der Waals surface area (Å²) in [7, 11) is 0. The highest BCUT2D eigenvalue weighted by Crippen LogP contribution is 2.60. The number of furan rings is 1. The van der Waals surface area contributed by atoms with Crippen LogP contribution in [0.15, 0.2) is 192 Å². The number of hydrogen-bond donors (Lipinski definition) is 0. The van der Waals surface area contributed by atoms with Gasteiger partial charge in [-0.25, -0.2) is 0 Å². The Morgan fingerprint density at radius 2 is 1.18 bits per heavy atom. The predicted octanol–water partition coefficient (Wildman–Crippen LogP) is 14.9. The van der Waals surface area contributed by atoms with Crippen molar-refractivity contribution in [3.05, 3.63) is 233 Å². The van der Waals surface area contributed by atoms with E-state index in [2.05, 4.69) is 53.1 Å². The van der Waals surface area contributed by atoms with Gasteiger partial charge < -0.3 is 14.2 Å². The van der Waals surface area contributed by atoms with E-state index in [0.717, 1.165) is 60.9 Å². The summed E-state index contributed by atoms with van der Waals surface area (Å²) in [5.74, 6) is -4.27. The maximum Gasteiger partial charge on any atom is 0.252 e. The molecule has 0 radical (unpaired) electrons. The van der Waals surface area contributed by atoms with Gasteiger partial charge in [0.2, 0.25) is 0 Å². The predicted molar refractivity (Wildman–Crippen MR) is 283 cm³/mol. The van der Waals surface area contributed by atoms with E-state index in [-0.39, 0.29) is 16.7 Å². The first kappa shape index (κ1) is 29.9. The van der Waals surface area contributed by atoms with Gasteiger partial charge in [0.15, 0.2) is 0 Å². The Hall–Kier alpha value is -7.56. The fourth-order valence-electron chi connectivity index (χ4n) is 11.7. The zero-order valence-electron chi connectivity index (χ0n) is 48.3. The first-order valence-corrected chi connectivity index (χ1v) is 22.9. The highest BCUT2D eigenvalue weighted by molar-refractivity contribution is 7.00. The molecule has 0 bridgehead atoms. The highest BCUT2D eigenvalue weighted by atomic mass is 16.3. The third-order valence-electron chi connectivity index (χ3n) is 14.5. The third-order valence-corrected chi connectivity index (χ3v) is 14.5. The molecule has 3 nitrogen and oxygen atoms in total. The average molecular weight is 874 g/mol. The number of anilines is 6. The summed E-state index contributed by atoms with van der Waals surface area (Å²) >= 11 is 0. The summed E-state index contributed by atoms with van der Waals surface area (Å²) < 4.78 is 107. The second-order valence-corrected chi connectivity index (χ2v) is 18.3. The number of rotatable bonds is 6. The topological polar surface area (TPSA) is 19.6 Å². The van der Waals surface area contributed by atoms with Crippen LogP contribution < -0.4 is 26.2 Å². The maximum absolute atomic E-state index is 9.99. The molecular formula is C63H51BN2O. The fourth-order valence-corrected chi connectivity index (χ4v) is 11.7. The van der Waals surface area contributed by atoms with Crippen LogP contribution in [-0.2, 0) is 5.41 Å². The lowest BCUT2D eigenvalue weighted by Gasteiger charge is -2.52. The van der Waals surface area contributed by atoms with E-state index in [1.54, 1.807) is 24.3 Å². The van der Waals surface area contributed by atoms with E-state index in [0.29, 0.717) is 50.5 Å². The minimum absolute atomic E-state index is 0.0799. The van der Waals surface area contributed by atoms with Crippen LogP contribution in [0.25, 0.3) is 33.1 Å². The first-order chi connectivity index (χ1) is 37.0. The third kappa shape index (κ3) is 5.59. The second kappa shape index (κ2) is 14.7. The molecule has 2 atom stereocenters. The van der Waals surface area contributed by atoms with Crippen LogP contribution in [-0.4, -0.2) is 6.71 Å². The van der Waals surface area contributed by atoms with Crippen LogP contribution in [0.5, 0.6) is 0 Å². The average Bonchev–Trinajstić information content (AvgIpc) is 3.11. The first-order valence-electron chi connectivity index (χ1n) is 28.4. The Morgan fingerprint density at radius 3 is 1.88 bits per heavy atom. The van der Waals surface area contributed by atoms with E-state index >= 15 is 0 Å². The van der Waals surface area contributed by atoms with Crippen molar-refractivity contribution in [2.45, 2.75) is 58.5 Å². The molecule has 9 aromatic carbocycles. The van der Waals surface area contributed by atoms with E-state index < -0.39 is 44.5 Å². The van der Waals surface area contributed by atoms with Gasteiger partial charge in [0.25, 0.3) is 6.71 Å². The Kier molecular flexibility index (Phi) is 6.57. The normalized spacial score (nSPS) is 18.9. The molecule has 10 aromatic rings.